The SMILES string of the molecule is CCOc1ccc(/C=C/C(=O)NC(c2ccccc2)c2ccccc2)cc1OCC. The maximum absolute atomic E-state index is 12.7. The molecule has 0 aliphatic carbocycles. The largest absolute Gasteiger partial charge is 0.490 e. The topological polar surface area (TPSA) is 47.6 Å². The van der Waals surface area contributed by atoms with Crippen LogP contribution in [0.4, 0.5) is 0 Å². The number of ether oxygens (including phenoxy) is 2. The summed E-state index contributed by atoms with van der Waals surface area (Å²) in [6.45, 7) is 4.98. The van der Waals surface area contributed by atoms with Gasteiger partial charge in [-0.2, -0.15) is 0 Å². The van der Waals surface area contributed by atoms with Gasteiger partial charge >= 0.3 is 0 Å². The van der Waals surface area contributed by atoms with Crippen LogP contribution >= 0.6 is 0 Å². The summed E-state index contributed by atoms with van der Waals surface area (Å²) in [7, 11) is 0. The minimum absolute atomic E-state index is 0.167. The summed E-state index contributed by atoms with van der Waals surface area (Å²) in [4.78, 5) is 12.7. The van der Waals surface area contributed by atoms with Gasteiger partial charge in [0, 0.05) is 6.08 Å². The highest BCUT2D eigenvalue weighted by molar-refractivity contribution is 5.92. The number of hydrogen-bond acceptors (Lipinski definition) is 3. The number of carbonyl (C=O) groups excluding carboxylic acids is 1. The molecule has 1 amide bonds. The summed E-state index contributed by atoms with van der Waals surface area (Å²) in [6.07, 6.45) is 3.32. The second kappa shape index (κ2) is 10.9. The summed E-state index contributed by atoms with van der Waals surface area (Å²) < 4.78 is 11.3. The van der Waals surface area contributed by atoms with Gasteiger partial charge < -0.3 is 14.8 Å². The molecule has 0 atom stereocenters. The summed E-state index contributed by atoms with van der Waals surface area (Å²) in [6, 6.07) is 25.3. The molecule has 0 spiro atoms. The van der Waals surface area contributed by atoms with E-state index in [4.69, 9.17) is 9.47 Å². The first-order valence-electron chi connectivity index (χ1n) is 10.2. The lowest BCUT2D eigenvalue weighted by molar-refractivity contribution is -0.116. The highest BCUT2D eigenvalue weighted by Gasteiger charge is 2.15. The number of carbonyl (C=O) groups is 1. The molecule has 3 aromatic carbocycles. The lowest BCUT2D eigenvalue weighted by Gasteiger charge is -2.19. The third-order valence-corrected chi connectivity index (χ3v) is 4.55. The van der Waals surface area contributed by atoms with Gasteiger partial charge in [0.1, 0.15) is 0 Å². The van der Waals surface area contributed by atoms with E-state index in [0.29, 0.717) is 24.7 Å². The first-order valence-corrected chi connectivity index (χ1v) is 10.2. The van der Waals surface area contributed by atoms with E-state index in [9.17, 15) is 4.79 Å². The Morgan fingerprint density at radius 1 is 0.833 bits per heavy atom. The highest BCUT2D eigenvalue weighted by atomic mass is 16.5. The van der Waals surface area contributed by atoms with Crippen LogP contribution in [0.15, 0.2) is 84.9 Å². The predicted molar refractivity (Wildman–Crippen MR) is 121 cm³/mol. The fourth-order valence-electron chi connectivity index (χ4n) is 3.18. The van der Waals surface area contributed by atoms with Gasteiger partial charge in [-0.05, 0) is 48.7 Å². The molecule has 4 heteroatoms. The van der Waals surface area contributed by atoms with Gasteiger partial charge in [-0.3, -0.25) is 4.79 Å². The Labute approximate surface area is 178 Å². The van der Waals surface area contributed by atoms with Crippen molar-refractivity contribution in [2.24, 2.45) is 0 Å². The van der Waals surface area contributed by atoms with Crippen molar-refractivity contribution in [3.63, 3.8) is 0 Å². The molecule has 0 radical (unpaired) electrons. The Kier molecular flexibility index (Phi) is 7.67. The second-order valence-electron chi connectivity index (χ2n) is 6.67. The van der Waals surface area contributed by atoms with Gasteiger partial charge in [0.2, 0.25) is 5.91 Å². The van der Waals surface area contributed by atoms with Crippen LogP contribution in [0.3, 0.4) is 0 Å². The van der Waals surface area contributed by atoms with E-state index in [1.165, 1.54) is 0 Å². The molecule has 154 valence electrons. The zero-order valence-corrected chi connectivity index (χ0v) is 17.4. The summed E-state index contributed by atoms with van der Waals surface area (Å²) >= 11 is 0. The Morgan fingerprint density at radius 3 is 1.97 bits per heavy atom. The molecule has 0 saturated carbocycles. The van der Waals surface area contributed by atoms with Gasteiger partial charge in [0.25, 0.3) is 0 Å². The zero-order valence-electron chi connectivity index (χ0n) is 17.4. The molecular formula is C26H27NO3. The normalized spacial score (nSPS) is 10.9. The monoisotopic (exact) mass is 401 g/mol. The quantitative estimate of drug-likeness (QED) is 0.488. The van der Waals surface area contributed by atoms with E-state index in [2.05, 4.69) is 5.32 Å². The maximum atomic E-state index is 12.7. The molecule has 3 rings (SSSR count). The number of rotatable bonds is 9. The Hall–Kier alpha value is -3.53. The van der Waals surface area contributed by atoms with E-state index in [1.807, 2.05) is 92.7 Å². The molecule has 0 saturated heterocycles. The van der Waals surface area contributed by atoms with E-state index in [1.54, 1.807) is 12.2 Å². The third-order valence-electron chi connectivity index (χ3n) is 4.55. The molecular weight excluding hydrogens is 374 g/mol. The van der Waals surface area contributed by atoms with Crippen molar-refractivity contribution in [2.75, 3.05) is 13.2 Å². The van der Waals surface area contributed by atoms with Crippen LogP contribution in [0, 0.1) is 0 Å². The number of amides is 1. The first kappa shape index (κ1) is 21.2. The number of hydrogen-bond donors (Lipinski definition) is 1. The average molecular weight is 402 g/mol. The second-order valence-corrected chi connectivity index (χ2v) is 6.67. The number of benzene rings is 3. The summed E-state index contributed by atoms with van der Waals surface area (Å²) in [5.74, 6) is 1.21. The molecule has 1 N–H and O–H groups in total. The van der Waals surface area contributed by atoms with Crippen molar-refractivity contribution in [1.29, 1.82) is 0 Å². The van der Waals surface area contributed by atoms with Gasteiger partial charge in [-0.25, -0.2) is 0 Å². The molecule has 0 fully saturated rings. The molecule has 30 heavy (non-hydrogen) atoms. The van der Waals surface area contributed by atoms with Crippen molar-refractivity contribution in [2.45, 2.75) is 19.9 Å². The fraction of sp³-hybridized carbons (Fsp3) is 0.192. The Bertz CT molecular complexity index is 929. The summed E-state index contributed by atoms with van der Waals surface area (Å²) in [5.41, 5.74) is 2.93. The Morgan fingerprint density at radius 2 is 1.40 bits per heavy atom. The first-order chi connectivity index (χ1) is 14.7. The third kappa shape index (κ3) is 5.74. The highest BCUT2D eigenvalue weighted by Crippen LogP contribution is 2.29. The Balaban J connectivity index is 1.77. The van der Waals surface area contributed by atoms with Gasteiger partial charge in [-0.15, -0.1) is 0 Å². The average Bonchev–Trinajstić information content (AvgIpc) is 2.79. The van der Waals surface area contributed by atoms with Crippen LogP contribution in [0.25, 0.3) is 6.08 Å². The van der Waals surface area contributed by atoms with E-state index < -0.39 is 0 Å². The minimum atomic E-state index is -0.219. The van der Waals surface area contributed by atoms with Crippen molar-refractivity contribution in [3.05, 3.63) is 102 Å². The summed E-state index contributed by atoms with van der Waals surface area (Å²) in [5, 5.41) is 3.11. The molecule has 0 bridgehead atoms. The van der Waals surface area contributed by atoms with Crippen LogP contribution in [-0.4, -0.2) is 19.1 Å². The van der Waals surface area contributed by atoms with E-state index in [0.717, 1.165) is 16.7 Å². The van der Waals surface area contributed by atoms with Crippen LogP contribution in [-0.2, 0) is 4.79 Å². The lowest BCUT2D eigenvalue weighted by Crippen LogP contribution is -2.27. The van der Waals surface area contributed by atoms with E-state index in [-0.39, 0.29) is 11.9 Å². The van der Waals surface area contributed by atoms with Crippen LogP contribution in [0.5, 0.6) is 11.5 Å². The molecule has 4 nitrogen and oxygen atoms in total. The predicted octanol–water partition coefficient (Wildman–Crippen LogP) is 5.40. The van der Waals surface area contributed by atoms with E-state index >= 15 is 0 Å². The molecule has 0 aromatic heterocycles. The minimum Gasteiger partial charge on any atom is -0.490 e. The molecule has 0 heterocycles. The van der Waals surface area contributed by atoms with Crippen molar-refractivity contribution in [3.8, 4) is 11.5 Å². The molecule has 0 unspecified atom stereocenters. The fourth-order valence-corrected chi connectivity index (χ4v) is 3.18. The van der Waals surface area contributed by atoms with Crippen LogP contribution in [0.2, 0.25) is 0 Å². The smallest absolute Gasteiger partial charge is 0.244 e. The van der Waals surface area contributed by atoms with Gasteiger partial charge in [0.15, 0.2) is 11.5 Å². The number of nitrogens with one attached hydrogen (secondary N) is 1. The van der Waals surface area contributed by atoms with Crippen LogP contribution in [0.1, 0.15) is 36.6 Å². The lowest BCUT2D eigenvalue weighted by atomic mass is 9.98. The molecule has 3 aromatic rings. The molecule has 0 aliphatic heterocycles. The maximum Gasteiger partial charge on any atom is 0.244 e. The zero-order chi connectivity index (χ0) is 21.2. The van der Waals surface area contributed by atoms with Gasteiger partial charge in [0.05, 0.1) is 19.3 Å². The molecule has 0 aliphatic rings. The standard InChI is InChI=1S/C26H27NO3/c1-3-29-23-17-15-20(19-24(23)30-4-2)16-18-25(28)27-26(21-11-7-5-8-12-21)22-13-9-6-10-14-22/h5-19,26H,3-4H2,1-2H3,(H,27,28)/b18-16+. The van der Waals surface area contributed by atoms with Crippen molar-refractivity contribution < 1.29 is 14.3 Å². The van der Waals surface area contributed by atoms with Crippen molar-refractivity contribution in [1.82, 2.24) is 5.32 Å². The van der Waals surface area contributed by atoms with Gasteiger partial charge in [-0.1, -0.05) is 66.7 Å². The van der Waals surface area contributed by atoms with Crippen LogP contribution < -0.4 is 14.8 Å². The van der Waals surface area contributed by atoms with Crippen molar-refractivity contribution >= 4 is 12.0 Å².